The first-order chi connectivity index (χ1) is 11.0. The maximum absolute atomic E-state index is 12.3. The Morgan fingerprint density at radius 3 is 2.91 bits per heavy atom. The van der Waals surface area contributed by atoms with Crippen LogP contribution in [0.15, 0.2) is 0 Å². The molecule has 23 heavy (non-hydrogen) atoms. The van der Waals surface area contributed by atoms with Gasteiger partial charge < -0.3 is 20.3 Å². The van der Waals surface area contributed by atoms with Crippen LogP contribution in [0.4, 0.5) is 0 Å². The van der Waals surface area contributed by atoms with Crippen LogP contribution < -0.4 is 5.32 Å². The van der Waals surface area contributed by atoms with Gasteiger partial charge in [-0.1, -0.05) is 13.8 Å². The Morgan fingerprint density at radius 1 is 1.39 bits per heavy atom. The second kappa shape index (κ2) is 6.69. The summed E-state index contributed by atoms with van der Waals surface area (Å²) in [7, 11) is 0. The normalized spacial score (nSPS) is 46.2. The molecule has 0 bridgehead atoms. The number of hydrogen-bond donors (Lipinski definition) is 3. The topological polar surface area (TPSA) is 78.8 Å². The fourth-order valence-electron chi connectivity index (χ4n) is 5.46. The first-order valence-electron chi connectivity index (χ1n) is 9.17. The first-order valence-corrected chi connectivity index (χ1v) is 9.17. The molecule has 132 valence electrons. The highest BCUT2D eigenvalue weighted by Gasteiger charge is 2.57. The van der Waals surface area contributed by atoms with E-state index in [1.165, 1.54) is 0 Å². The molecule has 7 atom stereocenters. The van der Waals surface area contributed by atoms with Crippen LogP contribution >= 0.6 is 0 Å². The minimum atomic E-state index is -0.257. The SMILES string of the molecule is C[C@@H]1C[C@@H]2OC(=O)[C@@H](CNCCCO)[C@H]2C[C@]2(C)[C@@H](O)CC[C@@H]12. The van der Waals surface area contributed by atoms with E-state index in [4.69, 9.17) is 9.84 Å². The van der Waals surface area contributed by atoms with E-state index in [0.29, 0.717) is 24.8 Å². The Hall–Kier alpha value is -0.650. The monoisotopic (exact) mass is 325 g/mol. The van der Waals surface area contributed by atoms with E-state index < -0.39 is 0 Å². The third-order valence-electron chi connectivity index (χ3n) is 6.77. The molecule has 5 nitrogen and oxygen atoms in total. The average molecular weight is 325 g/mol. The second-order valence-electron chi connectivity index (χ2n) is 8.15. The van der Waals surface area contributed by atoms with Crippen LogP contribution in [0.2, 0.25) is 0 Å². The Morgan fingerprint density at radius 2 is 2.17 bits per heavy atom. The molecular formula is C18H31NO4. The molecule has 1 heterocycles. The van der Waals surface area contributed by atoms with Gasteiger partial charge in [0, 0.05) is 19.1 Å². The summed E-state index contributed by atoms with van der Waals surface area (Å²) >= 11 is 0. The van der Waals surface area contributed by atoms with E-state index >= 15 is 0 Å². The van der Waals surface area contributed by atoms with Gasteiger partial charge in [-0.05, 0) is 55.9 Å². The number of esters is 1. The van der Waals surface area contributed by atoms with Gasteiger partial charge >= 0.3 is 5.97 Å². The van der Waals surface area contributed by atoms with Crippen LogP contribution in [-0.2, 0) is 9.53 Å². The lowest BCUT2D eigenvalue weighted by atomic mass is 9.68. The van der Waals surface area contributed by atoms with E-state index in [2.05, 4.69) is 19.2 Å². The molecule has 3 N–H and O–H groups in total. The number of aliphatic hydroxyl groups excluding tert-OH is 2. The van der Waals surface area contributed by atoms with Crippen molar-refractivity contribution in [2.45, 2.75) is 58.2 Å². The zero-order valence-corrected chi connectivity index (χ0v) is 14.3. The molecule has 0 spiro atoms. The number of rotatable bonds is 5. The molecule has 0 aromatic rings. The molecule has 0 amide bonds. The summed E-state index contributed by atoms with van der Waals surface area (Å²) < 4.78 is 5.72. The van der Waals surface area contributed by atoms with E-state index in [0.717, 1.165) is 32.2 Å². The fourth-order valence-corrected chi connectivity index (χ4v) is 5.46. The number of aliphatic hydroxyl groups is 2. The predicted molar refractivity (Wildman–Crippen MR) is 86.7 cm³/mol. The number of nitrogens with one attached hydrogen (secondary N) is 1. The molecule has 2 aliphatic carbocycles. The summed E-state index contributed by atoms with van der Waals surface area (Å²) in [5, 5.41) is 22.7. The van der Waals surface area contributed by atoms with E-state index in [9.17, 15) is 9.90 Å². The lowest BCUT2D eigenvalue weighted by molar-refractivity contribution is -0.144. The number of hydrogen-bond acceptors (Lipinski definition) is 5. The van der Waals surface area contributed by atoms with Gasteiger partial charge in [-0.2, -0.15) is 0 Å². The summed E-state index contributed by atoms with van der Waals surface area (Å²) in [6.45, 7) is 5.97. The zero-order valence-electron chi connectivity index (χ0n) is 14.3. The number of ether oxygens (including phenoxy) is 1. The maximum Gasteiger partial charge on any atom is 0.310 e. The minimum absolute atomic E-state index is 0.0109. The highest BCUT2D eigenvalue weighted by Crippen LogP contribution is 2.56. The van der Waals surface area contributed by atoms with E-state index in [1.54, 1.807) is 0 Å². The molecule has 0 aromatic carbocycles. The van der Waals surface area contributed by atoms with Crippen molar-refractivity contribution in [2.24, 2.45) is 29.1 Å². The fraction of sp³-hybridized carbons (Fsp3) is 0.944. The highest BCUT2D eigenvalue weighted by molar-refractivity contribution is 5.75. The minimum Gasteiger partial charge on any atom is -0.462 e. The lowest BCUT2D eigenvalue weighted by Crippen LogP contribution is -2.39. The molecule has 2 saturated carbocycles. The molecule has 3 rings (SSSR count). The van der Waals surface area contributed by atoms with Gasteiger partial charge in [-0.25, -0.2) is 0 Å². The van der Waals surface area contributed by atoms with Crippen molar-refractivity contribution in [1.29, 1.82) is 0 Å². The molecule has 1 aliphatic heterocycles. The van der Waals surface area contributed by atoms with E-state index in [1.807, 2.05) is 0 Å². The smallest absolute Gasteiger partial charge is 0.310 e. The van der Waals surface area contributed by atoms with Crippen LogP contribution in [0.25, 0.3) is 0 Å². The lowest BCUT2D eigenvalue weighted by Gasteiger charge is -2.37. The molecule has 5 heteroatoms. The van der Waals surface area contributed by atoms with Gasteiger partial charge in [0.05, 0.1) is 12.0 Å². The summed E-state index contributed by atoms with van der Waals surface area (Å²) in [6.07, 6.45) is 4.24. The average Bonchev–Trinajstić information content (AvgIpc) is 2.91. The van der Waals surface area contributed by atoms with Crippen molar-refractivity contribution in [2.75, 3.05) is 19.7 Å². The summed E-state index contributed by atoms with van der Waals surface area (Å²) in [5.41, 5.74) is -0.0871. The van der Waals surface area contributed by atoms with Gasteiger partial charge in [0.15, 0.2) is 0 Å². The zero-order chi connectivity index (χ0) is 16.6. The quantitative estimate of drug-likeness (QED) is 0.525. The molecule has 3 fully saturated rings. The molecular weight excluding hydrogens is 294 g/mol. The van der Waals surface area contributed by atoms with Gasteiger partial charge in [0.1, 0.15) is 6.10 Å². The van der Waals surface area contributed by atoms with Gasteiger partial charge in [0.25, 0.3) is 0 Å². The standard InChI is InChI=1S/C18H31NO4/c1-11-8-15-12(9-18(2)14(11)4-5-16(18)21)13(17(22)23-15)10-19-6-3-7-20/h11-16,19-21H,3-10H2,1-2H3/t11-,12-,13+,14+,15+,16+,18+/m1/s1. The summed E-state index contributed by atoms with van der Waals surface area (Å²) in [5.74, 6) is 1.02. The van der Waals surface area contributed by atoms with Crippen LogP contribution in [0, 0.1) is 29.1 Å². The van der Waals surface area contributed by atoms with Crippen molar-refractivity contribution in [1.82, 2.24) is 5.32 Å². The maximum atomic E-state index is 12.3. The molecule has 0 radical (unpaired) electrons. The molecule has 3 aliphatic rings. The number of carbonyl (C=O) groups excluding carboxylic acids is 1. The van der Waals surface area contributed by atoms with Crippen LogP contribution in [0.5, 0.6) is 0 Å². The van der Waals surface area contributed by atoms with Crippen molar-refractivity contribution in [3.63, 3.8) is 0 Å². The van der Waals surface area contributed by atoms with Crippen LogP contribution in [0.1, 0.15) is 46.0 Å². The number of fused-ring (bicyclic) bond motifs is 2. The van der Waals surface area contributed by atoms with Crippen LogP contribution in [-0.4, -0.2) is 48.1 Å². The van der Waals surface area contributed by atoms with Gasteiger partial charge in [-0.15, -0.1) is 0 Å². The Labute approximate surface area is 138 Å². The first kappa shape index (κ1) is 17.2. The Kier molecular flexibility index (Phi) is 5.00. The predicted octanol–water partition coefficient (Wildman–Crippen LogP) is 1.32. The molecule has 1 saturated heterocycles. The number of carbonyl (C=O) groups is 1. The Bertz CT molecular complexity index is 443. The van der Waals surface area contributed by atoms with Crippen molar-refractivity contribution in [3.8, 4) is 0 Å². The third-order valence-corrected chi connectivity index (χ3v) is 6.77. The second-order valence-corrected chi connectivity index (χ2v) is 8.15. The van der Waals surface area contributed by atoms with E-state index in [-0.39, 0.29) is 42.0 Å². The Balaban J connectivity index is 1.74. The highest BCUT2D eigenvalue weighted by atomic mass is 16.6. The molecule has 0 unspecified atom stereocenters. The van der Waals surface area contributed by atoms with Crippen molar-refractivity contribution >= 4 is 5.97 Å². The van der Waals surface area contributed by atoms with Crippen molar-refractivity contribution < 1.29 is 19.7 Å². The van der Waals surface area contributed by atoms with Crippen LogP contribution in [0.3, 0.4) is 0 Å². The summed E-state index contributed by atoms with van der Waals surface area (Å²) in [6, 6.07) is 0. The van der Waals surface area contributed by atoms with Crippen molar-refractivity contribution in [3.05, 3.63) is 0 Å². The van der Waals surface area contributed by atoms with Gasteiger partial charge in [-0.3, -0.25) is 4.79 Å². The summed E-state index contributed by atoms with van der Waals surface area (Å²) in [4.78, 5) is 12.3. The third kappa shape index (κ3) is 3.03. The van der Waals surface area contributed by atoms with Gasteiger partial charge in [0.2, 0.25) is 0 Å². The molecule has 0 aromatic heterocycles. The largest absolute Gasteiger partial charge is 0.462 e.